The van der Waals surface area contributed by atoms with Gasteiger partial charge in [0.2, 0.25) is 10.0 Å². The van der Waals surface area contributed by atoms with Crippen LogP contribution in [0.4, 0.5) is 4.39 Å². The SMILES string of the molecule is COc1ccc(S(=O)(=O)NCc2ccccc2CN2CCOCC2)cc1F. The van der Waals surface area contributed by atoms with Crippen LogP contribution in [-0.4, -0.2) is 46.7 Å². The van der Waals surface area contributed by atoms with Crippen LogP contribution in [0.2, 0.25) is 0 Å². The monoisotopic (exact) mass is 394 g/mol. The van der Waals surface area contributed by atoms with Gasteiger partial charge in [-0.2, -0.15) is 0 Å². The van der Waals surface area contributed by atoms with Gasteiger partial charge in [-0.1, -0.05) is 24.3 Å². The third-order valence-corrected chi connectivity index (χ3v) is 5.90. The molecule has 27 heavy (non-hydrogen) atoms. The number of nitrogens with one attached hydrogen (secondary N) is 1. The Morgan fingerprint density at radius 2 is 1.85 bits per heavy atom. The lowest BCUT2D eigenvalue weighted by molar-refractivity contribution is 0.0341. The number of halogens is 1. The van der Waals surface area contributed by atoms with Gasteiger partial charge in [0, 0.05) is 26.2 Å². The summed E-state index contributed by atoms with van der Waals surface area (Å²) in [4.78, 5) is 2.14. The third kappa shape index (κ3) is 5.04. The number of ether oxygens (including phenoxy) is 2. The van der Waals surface area contributed by atoms with Crippen molar-refractivity contribution in [2.75, 3.05) is 33.4 Å². The maximum atomic E-state index is 13.8. The number of hydrogen-bond donors (Lipinski definition) is 1. The van der Waals surface area contributed by atoms with Gasteiger partial charge < -0.3 is 9.47 Å². The van der Waals surface area contributed by atoms with E-state index >= 15 is 0 Å². The molecule has 1 aliphatic rings. The van der Waals surface area contributed by atoms with Gasteiger partial charge >= 0.3 is 0 Å². The Hall–Kier alpha value is -2.00. The molecule has 0 amide bonds. The molecule has 8 heteroatoms. The van der Waals surface area contributed by atoms with Crippen molar-refractivity contribution in [1.82, 2.24) is 9.62 Å². The van der Waals surface area contributed by atoms with E-state index < -0.39 is 15.8 Å². The molecule has 0 atom stereocenters. The van der Waals surface area contributed by atoms with Crippen molar-refractivity contribution in [2.45, 2.75) is 18.0 Å². The summed E-state index contributed by atoms with van der Waals surface area (Å²) in [7, 11) is -2.51. The molecule has 0 bridgehead atoms. The van der Waals surface area contributed by atoms with E-state index in [2.05, 4.69) is 9.62 Å². The first-order chi connectivity index (χ1) is 13.0. The lowest BCUT2D eigenvalue weighted by Crippen LogP contribution is -2.36. The molecule has 1 saturated heterocycles. The minimum atomic E-state index is -3.83. The highest BCUT2D eigenvalue weighted by Crippen LogP contribution is 2.21. The Kier molecular flexibility index (Phi) is 6.43. The molecule has 1 N–H and O–H groups in total. The van der Waals surface area contributed by atoms with Crippen molar-refractivity contribution in [3.63, 3.8) is 0 Å². The predicted octanol–water partition coefficient (Wildman–Crippen LogP) is 2.15. The summed E-state index contributed by atoms with van der Waals surface area (Å²) in [6.45, 7) is 3.99. The molecule has 0 aromatic heterocycles. The summed E-state index contributed by atoms with van der Waals surface area (Å²) in [5.74, 6) is -0.710. The molecule has 1 fully saturated rings. The van der Waals surface area contributed by atoms with E-state index in [9.17, 15) is 12.8 Å². The van der Waals surface area contributed by atoms with Crippen LogP contribution in [0.5, 0.6) is 5.75 Å². The van der Waals surface area contributed by atoms with Gasteiger partial charge in [0.05, 0.1) is 25.2 Å². The van der Waals surface area contributed by atoms with Crippen molar-refractivity contribution in [1.29, 1.82) is 0 Å². The van der Waals surface area contributed by atoms with Crippen LogP contribution < -0.4 is 9.46 Å². The molecule has 0 aliphatic carbocycles. The van der Waals surface area contributed by atoms with Crippen molar-refractivity contribution in [3.8, 4) is 5.75 Å². The topological polar surface area (TPSA) is 67.9 Å². The number of benzene rings is 2. The van der Waals surface area contributed by atoms with E-state index in [0.29, 0.717) is 13.2 Å². The molecule has 0 saturated carbocycles. The first-order valence-electron chi connectivity index (χ1n) is 8.70. The van der Waals surface area contributed by atoms with E-state index in [-0.39, 0.29) is 17.2 Å². The normalized spacial score (nSPS) is 15.6. The van der Waals surface area contributed by atoms with Gasteiger partial charge in [0.25, 0.3) is 0 Å². The van der Waals surface area contributed by atoms with E-state index in [1.54, 1.807) is 0 Å². The zero-order chi connectivity index (χ0) is 19.3. The minimum Gasteiger partial charge on any atom is -0.494 e. The maximum Gasteiger partial charge on any atom is 0.240 e. The number of nitrogens with zero attached hydrogens (tertiary/aromatic N) is 1. The van der Waals surface area contributed by atoms with E-state index in [0.717, 1.165) is 36.8 Å². The first-order valence-corrected chi connectivity index (χ1v) is 10.2. The molecule has 1 heterocycles. The molecule has 0 spiro atoms. The van der Waals surface area contributed by atoms with Crippen molar-refractivity contribution in [2.24, 2.45) is 0 Å². The van der Waals surface area contributed by atoms with Gasteiger partial charge in [-0.15, -0.1) is 0 Å². The molecular formula is C19H23FN2O4S. The van der Waals surface area contributed by atoms with Crippen molar-refractivity contribution < 1.29 is 22.3 Å². The summed E-state index contributed by atoms with van der Waals surface area (Å²) >= 11 is 0. The van der Waals surface area contributed by atoms with Gasteiger partial charge in [-0.3, -0.25) is 4.90 Å². The van der Waals surface area contributed by atoms with Crippen LogP contribution in [0, 0.1) is 5.82 Å². The molecular weight excluding hydrogens is 371 g/mol. The molecule has 0 unspecified atom stereocenters. The summed E-state index contributed by atoms with van der Waals surface area (Å²) in [6, 6.07) is 11.3. The van der Waals surface area contributed by atoms with E-state index in [1.165, 1.54) is 19.2 Å². The standard InChI is InChI=1S/C19H23FN2O4S/c1-25-19-7-6-17(12-18(19)20)27(23,24)21-13-15-4-2-3-5-16(15)14-22-8-10-26-11-9-22/h2-7,12,21H,8-11,13-14H2,1H3. The van der Waals surface area contributed by atoms with E-state index in [1.807, 2.05) is 24.3 Å². The number of morpholine rings is 1. The molecule has 0 radical (unpaired) electrons. The lowest BCUT2D eigenvalue weighted by atomic mass is 10.1. The van der Waals surface area contributed by atoms with Gasteiger partial charge in [-0.05, 0) is 29.3 Å². The Morgan fingerprint density at radius 1 is 1.15 bits per heavy atom. The first kappa shape index (κ1) is 19.8. The fraction of sp³-hybridized carbons (Fsp3) is 0.368. The van der Waals surface area contributed by atoms with Crippen LogP contribution in [-0.2, 0) is 27.8 Å². The lowest BCUT2D eigenvalue weighted by Gasteiger charge is -2.27. The molecule has 3 rings (SSSR count). The second-order valence-corrected chi connectivity index (χ2v) is 8.05. The highest BCUT2D eigenvalue weighted by Gasteiger charge is 2.18. The number of rotatable bonds is 7. The van der Waals surface area contributed by atoms with Crippen LogP contribution >= 0.6 is 0 Å². The van der Waals surface area contributed by atoms with Crippen LogP contribution in [0.25, 0.3) is 0 Å². The quantitative estimate of drug-likeness (QED) is 0.779. The van der Waals surface area contributed by atoms with Gasteiger partial charge in [0.15, 0.2) is 11.6 Å². The molecule has 2 aromatic carbocycles. The van der Waals surface area contributed by atoms with Gasteiger partial charge in [0.1, 0.15) is 0 Å². The third-order valence-electron chi connectivity index (χ3n) is 4.50. The highest BCUT2D eigenvalue weighted by molar-refractivity contribution is 7.89. The predicted molar refractivity (Wildman–Crippen MR) is 99.5 cm³/mol. The summed E-state index contributed by atoms with van der Waals surface area (Å²) < 4.78 is 51.6. The average Bonchev–Trinajstić information content (AvgIpc) is 2.68. The van der Waals surface area contributed by atoms with Crippen molar-refractivity contribution >= 4 is 10.0 Å². The van der Waals surface area contributed by atoms with Gasteiger partial charge in [-0.25, -0.2) is 17.5 Å². The largest absolute Gasteiger partial charge is 0.494 e. The number of methoxy groups -OCH3 is 1. The number of sulfonamides is 1. The summed E-state index contributed by atoms with van der Waals surface area (Å²) in [6.07, 6.45) is 0. The molecule has 2 aromatic rings. The fourth-order valence-corrected chi connectivity index (χ4v) is 3.97. The fourth-order valence-electron chi connectivity index (χ4n) is 2.95. The Balaban J connectivity index is 1.71. The Bertz CT molecular complexity index is 883. The van der Waals surface area contributed by atoms with E-state index in [4.69, 9.17) is 9.47 Å². The van der Waals surface area contributed by atoms with Crippen LogP contribution in [0.3, 0.4) is 0 Å². The van der Waals surface area contributed by atoms with Crippen LogP contribution in [0.1, 0.15) is 11.1 Å². The minimum absolute atomic E-state index is 0.00445. The molecule has 6 nitrogen and oxygen atoms in total. The van der Waals surface area contributed by atoms with Crippen molar-refractivity contribution in [3.05, 3.63) is 59.4 Å². The summed E-state index contributed by atoms with van der Waals surface area (Å²) in [5, 5.41) is 0. The highest BCUT2D eigenvalue weighted by atomic mass is 32.2. The smallest absolute Gasteiger partial charge is 0.240 e. The zero-order valence-electron chi connectivity index (χ0n) is 15.2. The molecule has 1 aliphatic heterocycles. The Labute approximate surface area is 159 Å². The van der Waals surface area contributed by atoms with Crippen LogP contribution in [0.15, 0.2) is 47.4 Å². The maximum absolute atomic E-state index is 13.8. The molecule has 146 valence electrons. The second-order valence-electron chi connectivity index (χ2n) is 6.28. The number of hydrogen-bond acceptors (Lipinski definition) is 5. The Morgan fingerprint density at radius 3 is 2.52 bits per heavy atom. The average molecular weight is 394 g/mol. The summed E-state index contributed by atoms with van der Waals surface area (Å²) in [5.41, 5.74) is 1.95. The zero-order valence-corrected chi connectivity index (χ0v) is 16.0. The second kappa shape index (κ2) is 8.79.